The molecule has 3 rings (SSSR count). The van der Waals surface area contributed by atoms with E-state index in [1.807, 2.05) is 0 Å². The number of carbonyl (C=O) groups is 2. The Balaban J connectivity index is 1.76. The van der Waals surface area contributed by atoms with Gasteiger partial charge < -0.3 is 5.32 Å². The summed E-state index contributed by atoms with van der Waals surface area (Å²) >= 11 is 0. The van der Waals surface area contributed by atoms with Crippen molar-refractivity contribution in [3.05, 3.63) is 83.4 Å². The Bertz CT molecular complexity index is 1120. The summed E-state index contributed by atoms with van der Waals surface area (Å²) in [6, 6.07) is 11.3. The number of amides is 1. The standard InChI is InChI=1S/C21H15F4N3O2/c1-13-18(12-26-28(13)17-8-6-15(22)7-9-17)19(29)10-5-14-3-2-4-16(11-14)27-20(30)21(23,24)25/h2-12H,1H3,(H,27,30). The largest absolute Gasteiger partial charge is 0.471 e. The second-order valence-electron chi connectivity index (χ2n) is 6.31. The highest BCUT2D eigenvalue weighted by molar-refractivity contribution is 6.07. The molecule has 1 aromatic heterocycles. The van der Waals surface area contributed by atoms with E-state index in [1.54, 1.807) is 18.3 Å². The van der Waals surface area contributed by atoms with Gasteiger partial charge in [0.1, 0.15) is 5.82 Å². The Labute approximate surface area is 168 Å². The number of anilines is 1. The number of halogens is 4. The molecule has 0 bridgehead atoms. The van der Waals surface area contributed by atoms with Crippen LogP contribution in [0.3, 0.4) is 0 Å². The summed E-state index contributed by atoms with van der Waals surface area (Å²) in [4.78, 5) is 23.5. The van der Waals surface area contributed by atoms with Gasteiger partial charge in [0.25, 0.3) is 0 Å². The van der Waals surface area contributed by atoms with Gasteiger partial charge in [-0.1, -0.05) is 18.2 Å². The predicted molar refractivity (Wildman–Crippen MR) is 103 cm³/mol. The SMILES string of the molecule is Cc1c(C(=O)C=Cc2cccc(NC(=O)C(F)(F)F)c2)cnn1-c1ccc(F)cc1. The van der Waals surface area contributed by atoms with Gasteiger partial charge in [0.2, 0.25) is 0 Å². The second-order valence-corrected chi connectivity index (χ2v) is 6.31. The Morgan fingerprint density at radius 2 is 1.80 bits per heavy atom. The Morgan fingerprint density at radius 1 is 1.10 bits per heavy atom. The van der Waals surface area contributed by atoms with E-state index >= 15 is 0 Å². The van der Waals surface area contributed by atoms with Crippen molar-refractivity contribution in [2.75, 3.05) is 5.32 Å². The monoisotopic (exact) mass is 417 g/mol. The van der Waals surface area contributed by atoms with E-state index in [0.717, 1.165) is 0 Å². The summed E-state index contributed by atoms with van der Waals surface area (Å²) in [7, 11) is 0. The maximum atomic E-state index is 13.1. The molecule has 154 valence electrons. The first-order valence-electron chi connectivity index (χ1n) is 8.66. The van der Waals surface area contributed by atoms with Crippen LogP contribution in [-0.2, 0) is 4.79 Å². The Kier molecular flexibility index (Phi) is 5.81. The normalized spacial score (nSPS) is 11.6. The summed E-state index contributed by atoms with van der Waals surface area (Å²) in [6.45, 7) is 1.69. The third kappa shape index (κ3) is 4.80. The van der Waals surface area contributed by atoms with E-state index in [4.69, 9.17) is 0 Å². The van der Waals surface area contributed by atoms with Crippen molar-refractivity contribution in [3.63, 3.8) is 0 Å². The average Bonchev–Trinajstić information content (AvgIpc) is 3.08. The Hall–Kier alpha value is -3.75. The lowest BCUT2D eigenvalue weighted by molar-refractivity contribution is -0.167. The third-order valence-electron chi connectivity index (χ3n) is 4.18. The first-order valence-corrected chi connectivity index (χ1v) is 8.66. The minimum atomic E-state index is -5.00. The minimum absolute atomic E-state index is 0.0489. The number of hydrogen-bond donors (Lipinski definition) is 1. The Morgan fingerprint density at radius 3 is 2.47 bits per heavy atom. The van der Waals surface area contributed by atoms with Crippen LogP contribution in [0.4, 0.5) is 23.2 Å². The lowest BCUT2D eigenvalue weighted by Gasteiger charge is -2.08. The van der Waals surface area contributed by atoms with E-state index < -0.39 is 17.9 Å². The highest BCUT2D eigenvalue weighted by Crippen LogP contribution is 2.20. The van der Waals surface area contributed by atoms with Crippen LogP contribution < -0.4 is 5.32 Å². The van der Waals surface area contributed by atoms with Crippen molar-refractivity contribution < 1.29 is 27.2 Å². The van der Waals surface area contributed by atoms with Gasteiger partial charge in [-0.15, -0.1) is 0 Å². The van der Waals surface area contributed by atoms with Crippen LogP contribution in [0.25, 0.3) is 11.8 Å². The van der Waals surface area contributed by atoms with Gasteiger partial charge in [-0.3, -0.25) is 9.59 Å². The number of nitrogens with one attached hydrogen (secondary N) is 1. The van der Waals surface area contributed by atoms with E-state index in [0.29, 0.717) is 22.5 Å². The van der Waals surface area contributed by atoms with E-state index in [1.165, 1.54) is 65.5 Å². The number of hydrogen-bond acceptors (Lipinski definition) is 3. The first-order chi connectivity index (χ1) is 14.1. The smallest absolute Gasteiger partial charge is 0.318 e. The number of alkyl halides is 3. The van der Waals surface area contributed by atoms with Gasteiger partial charge in [0.05, 0.1) is 23.1 Å². The number of carbonyl (C=O) groups excluding carboxylic acids is 2. The summed E-state index contributed by atoms with van der Waals surface area (Å²) in [5.41, 5.74) is 1.82. The molecule has 3 aromatic rings. The molecule has 0 radical (unpaired) electrons. The van der Waals surface area contributed by atoms with Crippen molar-refractivity contribution in [2.24, 2.45) is 0 Å². The molecule has 0 atom stereocenters. The molecule has 0 aliphatic heterocycles. The number of benzene rings is 2. The number of aromatic nitrogens is 2. The van der Waals surface area contributed by atoms with Gasteiger partial charge in [0.15, 0.2) is 5.78 Å². The minimum Gasteiger partial charge on any atom is -0.318 e. The molecule has 1 amide bonds. The maximum absolute atomic E-state index is 13.1. The molecule has 0 saturated carbocycles. The van der Waals surface area contributed by atoms with Crippen LogP contribution >= 0.6 is 0 Å². The molecule has 0 fully saturated rings. The molecule has 30 heavy (non-hydrogen) atoms. The summed E-state index contributed by atoms with van der Waals surface area (Å²) in [6.07, 6.45) is -0.945. The van der Waals surface area contributed by atoms with E-state index in [2.05, 4.69) is 5.10 Å². The van der Waals surface area contributed by atoms with E-state index in [-0.39, 0.29) is 11.5 Å². The second kappa shape index (κ2) is 8.32. The zero-order valence-corrected chi connectivity index (χ0v) is 15.6. The number of rotatable bonds is 5. The van der Waals surface area contributed by atoms with Crippen molar-refractivity contribution in [1.29, 1.82) is 0 Å². The molecule has 1 heterocycles. The lowest BCUT2D eigenvalue weighted by Crippen LogP contribution is -2.29. The molecule has 1 N–H and O–H groups in total. The fraction of sp³-hybridized carbons (Fsp3) is 0.0952. The zero-order chi connectivity index (χ0) is 21.9. The van der Waals surface area contributed by atoms with Gasteiger partial charge in [-0.05, 0) is 55.0 Å². The molecule has 9 heteroatoms. The highest BCUT2D eigenvalue weighted by atomic mass is 19.4. The molecule has 0 aliphatic carbocycles. The third-order valence-corrected chi connectivity index (χ3v) is 4.18. The molecule has 0 unspecified atom stereocenters. The van der Waals surface area contributed by atoms with Crippen LogP contribution in [-0.4, -0.2) is 27.6 Å². The fourth-order valence-corrected chi connectivity index (χ4v) is 2.68. The van der Waals surface area contributed by atoms with Crippen LogP contribution in [0.1, 0.15) is 21.6 Å². The van der Waals surface area contributed by atoms with Crippen molar-refractivity contribution in [2.45, 2.75) is 13.1 Å². The number of allylic oxidation sites excluding steroid dienone is 1. The summed E-state index contributed by atoms with van der Waals surface area (Å²) < 4.78 is 51.7. The molecule has 0 spiro atoms. The maximum Gasteiger partial charge on any atom is 0.471 e. The van der Waals surface area contributed by atoms with Gasteiger partial charge >= 0.3 is 12.1 Å². The predicted octanol–water partition coefficient (Wildman–Crippen LogP) is 4.72. The average molecular weight is 417 g/mol. The zero-order valence-electron chi connectivity index (χ0n) is 15.6. The summed E-state index contributed by atoms with van der Waals surface area (Å²) in [5, 5.41) is 5.90. The van der Waals surface area contributed by atoms with Crippen molar-refractivity contribution in [3.8, 4) is 5.69 Å². The molecular weight excluding hydrogens is 402 g/mol. The van der Waals surface area contributed by atoms with Crippen LogP contribution in [0.15, 0.2) is 60.8 Å². The van der Waals surface area contributed by atoms with Crippen LogP contribution in [0.2, 0.25) is 0 Å². The van der Waals surface area contributed by atoms with Gasteiger partial charge in [-0.2, -0.15) is 18.3 Å². The summed E-state index contributed by atoms with van der Waals surface area (Å²) in [5.74, 6) is -2.84. The highest BCUT2D eigenvalue weighted by Gasteiger charge is 2.38. The van der Waals surface area contributed by atoms with Crippen molar-refractivity contribution in [1.82, 2.24) is 9.78 Å². The van der Waals surface area contributed by atoms with Gasteiger partial charge in [-0.25, -0.2) is 9.07 Å². The van der Waals surface area contributed by atoms with Crippen molar-refractivity contribution >= 4 is 23.5 Å². The van der Waals surface area contributed by atoms with Crippen LogP contribution in [0.5, 0.6) is 0 Å². The van der Waals surface area contributed by atoms with E-state index in [9.17, 15) is 27.2 Å². The van der Waals surface area contributed by atoms with Gasteiger partial charge in [0, 0.05) is 5.69 Å². The fourth-order valence-electron chi connectivity index (χ4n) is 2.68. The number of nitrogens with zero attached hydrogens (tertiary/aromatic N) is 2. The first kappa shape index (κ1) is 21.0. The number of ketones is 1. The van der Waals surface area contributed by atoms with Crippen LogP contribution in [0, 0.1) is 12.7 Å². The lowest BCUT2D eigenvalue weighted by atomic mass is 10.1. The topological polar surface area (TPSA) is 64.0 Å². The molecule has 5 nitrogen and oxygen atoms in total. The molecular formula is C21H15F4N3O2. The molecule has 2 aromatic carbocycles. The molecule has 0 saturated heterocycles. The quantitative estimate of drug-likeness (QED) is 0.371. The molecule has 0 aliphatic rings.